The van der Waals surface area contributed by atoms with E-state index >= 15 is 0 Å². The number of Topliss-reactive ketones (excluding diaryl/α,β-unsaturated/α-hetero) is 1. The van der Waals surface area contributed by atoms with Crippen molar-refractivity contribution in [1.82, 2.24) is 0 Å². The summed E-state index contributed by atoms with van der Waals surface area (Å²) >= 11 is 0. The zero-order valence-corrected chi connectivity index (χ0v) is 16.5. The summed E-state index contributed by atoms with van der Waals surface area (Å²) in [6, 6.07) is 12.1. The Morgan fingerprint density at radius 1 is 0.893 bits per heavy atom. The van der Waals surface area contributed by atoms with Gasteiger partial charge in [0.2, 0.25) is 0 Å². The highest BCUT2D eigenvalue weighted by Gasteiger charge is 2.36. The number of nitrogens with zero attached hydrogens (tertiary/aromatic N) is 2. The number of carbonyl (C=O) groups excluding carboxylic acids is 1. The fourth-order valence-electron chi connectivity index (χ4n) is 4.96. The van der Waals surface area contributed by atoms with E-state index in [1.807, 2.05) is 18.2 Å². The Labute approximate surface area is 166 Å². The van der Waals surface area contributed by atoms with Gasteiger partial charge in [0.1, 0.15) is 0 Å². The van der Waals surface area contributed by atoms with Gasteiger partial charge in [-0.05, 0) is 66.1 Å². The molecule has 1 unspecified atom stereocenters. The predicted octanol–water partition coefficient (Wildman–Crippen LogP) is 2.89. The van der Waals surface area contributed by atoms with Crippen LogP contribution in [0.3, 0.4) is 0 Å². The van der Waals surface area contributed by atoms with Gasteiger partial charge in [-0.2, -0.15) is 0 Å². The Hall–Kier alpha value is -2.75. The molecule has 0 bridgehead atoms. The molecule has 2 aromatic rings. The van der Waals surface area contributed by atoms with E-state index in [1.54, 1.807) is 0 Å². The lowest BCUT2D eigenvalue weighted by Crippen LogP contribution is -2.35. The maximum Gasteiger partial charge on any atom is 0.173 e. The molecule has 28 heavy (non-hydrogen) atoms. The smallest absolute Gasteiger partial charge is 0.173 e. The number of benzene rings is 2. The molecule has 0 saturated heterocycles. The number of anilines is 2. The first-order chi connectivity index (χ1) is 13.5. The van der Waals surface area contributed by atoms with Crippen LogP contribution >= 0.6 is 0 Å². The van der Waals surface area contributed by atoms with Crippen LogP contribution in [-0.4, -0.2) is 33.0 Å². The van der Waals surface area contributed by atoms with Crippen molar-refractivity contribution in [2.75, 3.05) is 37.0 Å². The number of rotatable bonds is 2. The van der Waals surface area contributed by atoms with Crippen molar-refractivity contribution in [3.05, 3.63) is 64.4 Å². The standard InChI is InChI=1S/C24H26N2O2/c1-25-11-3-5-15-13-17(7-9-19(15)25)21-23(27)22(24(21)28)18-8-10-20-16(14-18)6-4-12-26(20)2/h7-10,13-14,21,27H,3-6,11-12H2,1-2H3/p-1. The Morgan fingerprint density at radius 2 is 1.50 bits per heavy atom. The summed E-state index contributed by atoms with van der Waals surface area (Å²) in [5.41, 5.74) is 6.94. The zero-order chi connectivity index (χ0) is 19.4. The van der Waals surface area contributed by atoms with Gasteiger partial charge < -0.3 is 14.9 Å². The molecule has 0 spiro atoms. The molecule has 2 aromatic carbocycles. The van der Waals surface area contributed by atoms with Crippen LogP contribution in [-0.2, 0) is 17.6 Å². The van der Waals surface area contributed by atoms with E-state index in [1.165, 1.54) is 22.5 Å². The van der Waals surface area contributed by atoms with Crippen molar-refractivity contribution < 1.29 is 9.90 Å². The van der Waals surface area contributed by atoms with E-state index < -0.39 is 5.92 Å². The quantitative estimate of drug-likeness (QED) is 0.812. The Balaban J connectivity index is 1.48. The predicted molar refractivity (Wildman–Crippen MR) is 111 cm³/mol. The number of allylic oxidation sites excluding steroid dienone is 2. The summed E-state index contributed by atoms with van der Waals surface area (Å²) in [5.74, 6) is -0.678. The molecule has 3 aliphatic rings. The van der Waals surface area contributed by atoms with Gasteiger partial charge >= 0.3 is 0 Å². The van der Waals surface area contributed by atoms with Crippen LogP contribution in [0.4, 0.5) is 11.4 Å². The van der Waals surface area contributed by atoms with Crippen molar-refractivity contribution in [2.24, 2.45) is 0 Å². The molecule has 0 saturated carbocycles. The average Bonchev–Trinajstić information content (AvgIpc) is 2.68. The molecule has 0 radical (unpaired) electrons. The molecule has 0 amide bonds. The van der Waals surface area contributed by atoms with Crippen LogP contribution in [0.2, 0.25) is 0 Å². The Morgan fingerprint density at radius 3 is 2.14 bits per heavy atom. The number of ketones is 1. The highest BCUT2D eigenvalue weighted by atomic mass is 16.3. The first-order valence-electron chi connectivity index (χ1n) is 10.2. The van der Waals surface area contributed by atoms with Crippen LogP contribution in [0, 0.1) is 0 Å². The van der Waals surface area contributed by atoms with Crippen molar-refractivity contribution in [3.63, 3.8) is 0 Å². The summed E-state index contributed by atoms with van der Waals surface area (Å²) in [5, 5.41) is 13.0. The lowest BCUT2D eigenvalue weighted by molar-refractivity contribution is -0.310. The molecule has 144 valence electrons. The summed E-state index contributed by atoms with van der Waals surface area (Å²) < 4.78 is 0. The molecule has 4 heteroatoms. The number of hydrogen-bond acceptors (Lipinski definition) is 4. The third-order valence-electron chi connectivity index (χ3n) is 6.52. The molecular weight excluding hydrogens is 348 g/mol. The van der Waals surface area contributed by atoms with Crippen LogP contribution in [0.1, 0.15) is 41.0 Å². The van der Waals surface area contributed by atoms with E-state index in [2.05, 4.69) is 42.1 Å². The van der Waals surface area contributed by atoms with E-state index in [0.717, 1.165) is 49.9 Å². The third kappa shape index (κ3) is 2.55. The molecule has 5 rings (SSSR count). The number of carbonyl (C=O) groups is 1. The molecule has 4 nitrogen and oxygen atoms in total. The van der Waals surface area contributed by atoms with E-state index in [9.17, 15) is 9.90 Å². The minimum atomic E-state index is -0.619. The molecule has 0 aromatic heterocycles. The van der Waals surface area contributed by atoms with E-state index in [-0.39, 0.29) is 11.5 Å². The van der Waals surface area contributed by atoms with Crippen LogP contribution in [0.25, 0.3) is 5.57 Å². The minimum absolute atomic E-state index is 0.0294. The second kappa shape index (κ2) is 6.40. The Kier molecular flexibility index (Phi) is 3.97. The van der Waals surface area contributed by atoms with Crippen molar-refractivity contribution in [3.8, 4) is 0 Å². The first-order valence-corrected chi connectivity index (χ1v) is 10.2. The summed E-state index contributed by atoms with van der Waals surface area (Å²) in [6.07, 6.45) is 4.24. The lowest BCUT2D eigenvalue weighted by Gasteiger charge is -2.38. The minimum Gasteiger partial charge on any atom is -0.874 e. The highest BCUT2D eigenvalue weighted by molar-refractivity contribution is 6.31. The van der Waals surface area contributed by atoms with Gasteiger partial charge in [0.25, 0.3) is 0 Å². The first kappa shape index (κ1) is 17.4. The zero-order valence-electron chi connectivity index (χ0n) is 16.5. The SMILES string of the molecule is CN1CCCc2cc(C3=C([O-])C(c4ccc5c(c4)CCCN5C)C3=O)ccc21. The van der Waals surface area contributed by atoms with Gasteiger partial charge in [0.15, 0.2) is 5.78 Å². The maximum absolute atomic E-state index is 13.0. The molecule has 2 aliphatic heterocycles. The highest BCUT2D eigenvalue weighted by Crippen LogP contribution is 2.43. The molecule has 0 N–H and O–H groups in total. The molecule has 1 aliphatic carbocycles. The van der Waals surface area contributed by atoms with Gasteiger partial charge in [-0.15, -0.1) is 5.76 Å². The van der Waals surface area contributed by atoms with Crippen LogP contribution < -0.4 is 14.9 Å². The molecule has 2 heterocycles. The largest absolute Gasteiger partial charge is 0.874 e. The molecular formula is C24H25N2O2-. The second-order valence-electron chi connectivity index (χ2n) is 8.32. The maximum atomic E-state index is 13.0. The average molecular weight is 373 g/mol. The van der Waals surface area contributed by atoms with Crippen LogP contribution in [0.15, 0.2) is 42.2 Å². The third-order valence-corrected chi connectivity index (χ3v) is 6.52. The van der Waals surface area contributed by atoms with E-state index in [4.69, 9.17) is 0 Å². The Bertz CT molecular complexity index is 1010. The fraction of sp³-hybridized carbons (Fsp3) is 0.375. The van der Waals surface area contributed by atoms with Gasteiger partial charge in [0.05, 0.1) is 5.92 Å². The molecule has 0 fully saturated rings. The normalized spacial score (nSPS) is 21.4. The van der Waals surface area contributed by atoms with Gasteiger partial charge in [-0.25, -0.2) is 0 Å². The second-order valence-corrected chi connectivity index (χ2v) is 8.32. The molecule has 1 atom stereocenters. The van der Waals surface area contributed by atoms with Gasteiger partial charge in [-0.3, -0.25) is 4.79 Å². The summed E-state index contributed by atoms with van der Waals surface area (Å²) in [4.78, 5) is 17.4. The number of aryl methyl sites for hydroxylation is 2. The summed E-state index contributed by atoms with van der Waals surface area (Å²) in [7, 11) is 4.19. The lowest BCUT2D eigenvalue weighted by atomic mass is 9.74. The van der Waals surface area contributed by atoms with E-state index in [0.29, 0.717) is 5.57 Å². The van der Waals surface area contributed by atoms with Gasteiger partial charge in [0, 0.05) is 44.1 Å². The fourth-order valence-corrected chi connectivity index (χ4v) is 4.96. The number of fused-ring (bicyclic) bond motifs is 2. The topological polar surface area (TPSA) is 46.6 Å². The van der Waals surface area contributed by atoms with Gasteiger partial charge in [-0.1, -0.05) is 18.2 Å². The number of hydrogen-bond donors (Lipinski definition) is 0. The van der Waals surface area contributed by atoms with Crippen molar-refractivity contribution in [1.29, 1.82) is 0 Å². The summed E-state index contributed by atoms with van der Waals surface area (Å²) in [6.45, 7) is 2.11. The van der Waals surface area contributed by atoms with Crippen molar-refractivity contribution >= 4 is 22.7 Å². The van der Waals surface area contributed by atoms with Crippen LogP contribution in [0.5, 0.6) is 0 Å². The monoisotopic (exact) mass is 373 g/mol. The van der Waals surface area contributed by atoms with Crippen molar-refractivity contribution in [2.45, 2.75) is 31.6 Å².